The molecule has 2 heterocycles. The number of benzene rings is 1. The van der Waals surface area contributed by atoms with E-state index in [2.05, 4.69) is 41.4 Å². The molecule has 5 nitrogen and oxygen atoms in total. The van der Waals surface area contributed by atoms with Crippen molar-refractivity contribution in [1.82, 2.24) is 14.8 Å². The summed E-state index contributed by atoms with van der Waals surface area (Å²) in [6.45, 7) is 8.42. The van der Waals surface area contributed by atoms with Crippen molar-refractivity contribution < 1.29 is 0 Å². The van der Waals surface area contributed by atoms with Gasteiger partial charge in [0.15, 0.2) is 5.96 Å². The third-order valence-corrected chi connectivity index (χ3v) is 5.08. The van der Waals surface area contributed by atoms with Gasteiger partial charge in [-0.2, -0.15) is 0 Å². The lowest BCUT2D eigenvalue weighted by atomic mass is 10.0. The molecule has 1 N–H and O–H groups in total. The fraction of sp³-hybridized carbons (Fsp3) is 0.455. The number of pyridine rings is 1. The quantitative estimate of drug-likeness (QED) is 0.289. The summed E-state index contributed by atoms with van der Waals surface area (Å²) in [6, 6.07) is 14.1. The van der Waals surface area contributed by atoms with Gasteiger partial charge in [-0.15, -0.1) is 24.0 Å². The van der Waals surface area contributed by atoms with Crippen LogP contribution in [0.5, 0.6) is 0 Å². The normalized spacial score (nSPS) is 13.6. The smallest absolute Gasteiger partial charge is 0.250 e. The van der Waals surface area contributed by atoms with E-state index in [9.17, 15) is 4.79 Å². The SMILES string of the molecule is CCNC(=NCCCCn1c(C)cccc1=O)N1CCc2ccccc2C1.I. The number of rotatable bonds is 6. The molecule has 6 heteroatoms. The standard InChI is InChI=1S/C22H30N4O.HI/c1-3-23-22(25-16-13-19-10-4-5-11-20(19)17-25)24-14-6-7-15-26-18(2)9-8-12-21(26)27;/h4-5,8-12H,3,6-7,13-17H2,1-2H3,(H,23,24);1H. The monoisotopic (exact) mass is 494 g/mol. The third kappa shape index (κ3) is 5.83. The highest BCUT2D eigenvalue weighted by Crippen LogP contribution is 2.18. The minimum Gasteiger partial charge on any atom is -0.357 e. The number of aliphatic imine (C=N–C) groups is 1. The van der Waals surface area contributed by atoms with E-state index in [4.69, 9.17) is 4.99 Å². The summed E-state index contributed by atoms with van der Waals surface area (Å²) in [6.07, 6.45) is 2.99. The van der Waals surface area contributed by atoms with Crippen molar-refractivity contribution >= 4 is 29.9 Å². The van der Waals surface area contributed by atoms with Crippen LogP contribution < -0.4 is 10.9 Å². The Bertz CT molecular complexity index is 846. The molecular weight excluding hydrogens is 463 g/mol. The van der Waals surface area contributed by atoms with Crippen LogP contribution in [0.25, 0.3) is 0 Å². The molecule has 1 aliphatic heterocycles. The van der Waals surface area contributed by atoms with Gasteiger partial charge in [0.1, 0.15) is 0 Å². The van der Waals surface area contributed by atoms with Crippen molar-refractivity contribution in [1.29, 1.82) is 0 Å². The number of guanidine groups is 1. The zero-order valence-electron chi connectivity index (χ0n) is 16.9. The predicted octanol–water partition coefficient (Wildman–Crippen LogP) is 3.58. The molecule has 28 heavy (non-hydrogen) atoms. The molecule has 0 atom stereocenters. The van der Waals surface area contributed by atoms with Gasteiger partial charge in [0, 0.05) is 44.5 Å². The Labute approximate surface area is 184 Å². The van der Waals surface area contributed by atoms with Gasteiger partial charge >= 0.3 is 0 Å². The molecular formula is C22H31IN4O. The minimum absolute atomic E-state index is 0. The molecule has 0 aliphatic carbocycles. The molecule has 1 aliphatic rings. The molecule has 0 bridgehead atoms. The number of hydrogen-bond donors (Lipinski definition) is 1. The maximum Gasteiger partial charge on any atom is 0.250 e. The Morgan fingerprint density at radius 1 is 1.11 bits per heavy atom. The van der Waals surface area contributed by atoms with Crippen LogP contribution in [0.1, 0.15) is 36.6 Å². The second-order valence-electron chi connectivity index (χ2n) is 7.04. The molecule has 0 spiro atoms. The largest absolute Gasteiger partial charge is 0.357 e. The van der Waals surface area contributed by atoms with Crippen molar-refractivity contribution in [3.05, 3.63) is 69.6 Å². The summed E-state index contributed by atoms with van der Waals surface area (Å²) in [7, 11) is 0. The highest BCUT2D eigenvalue weighted by molar-refractivity contribution is 14.0. The van der Waals surface area contributed by atoms with Gasteiger partial charge in [-0.3, -0.25) is 9.79 Å². The van der Waals surface area contributed by atoms with Crippen molar-refractivity contribution in [3.8, 4) is 0 Å². The first-order chi connectivity index (χ1) is 13.2. The molecule has 0 radical (unpaired) electrons. The van der Waals surface area contributed by atoms with Gasteiger partial charge in [-0.05, 0) is 50.3 Å². The van der Waals surface area contributed by atoms with E-state index in [1.165, 1.54) is 11.1 Å². The molecule has 1 aromatic carbocycles. The van der Waals surface area contributed by atoms with E-state index >= 15 is 0 Å². The number of unbranched alkanes of at least 4 members (excludes halogenated alkanes) is 1. The topological polar surface area (TPSA) is 49.6 Å². The van der Waals surface area contributed by atoms with Crippen LogP contribution in [-0.4, -0.2) is 35.1 Å². The van der Waals surface area contributed by atoms with E-state index in [0.717, 1.165) is 63.6 Å². The first kappa shape index (κ1) is 22.5. The number of nitrogens with zero attached hydrogens (tertiary/aromatic N) is 3. The zero-order chi connectivity index (χ0) is 19.1. The predicted molar refractivity (Wildman–Crippen MR) is 127 cm³/mol. The average Bonchev–Trinajstić information content (AvgIpc) is 2.68. The lowest BCUT2D eigenvalue weighted by molar-refractivity contribution is 0.378. The zero-order valence-corrected chi connectivity index (χ0v) is 19.2. The summed E-state index contributed by atoms with van der Waals surface area (Å²) in [4.78, 5) is 19.1. The summed E-state index contributed by atoms with van der Waals surface area (Å²) in [5.74, 6) is 1.00. The van der Waals surface area contributed by atoms with Crippen LogP contribution in [0.15, 0.2) is 52.3 Å². The van der Waals surface area contributed by atoms with E-state index < -0.39 is 0 Å². The summed E-state index contributed by atoms with van der Waals surface area (Å²) in [5, 5.41) is 3.43. The van der Waals surface area contributed by atoms with Crippen LogP contribution in [0.3, 0.4) is 0 Å². The number of fused-ring (bicyclic) bond motifs is 1. The van der Waals surface area contributed by atoms with Crippen LogP contribution in [-0.2, 0) is 19.5 Å². The molecule has 0 unspecified atom stereocenters. The average molecular weight is 494 g/mol. The van der Waals surface area contributed by atoms with Crippen molar-refractivity contribution in [2.24, 2.45) is 4.99 Å². The Kier molecular flexibility index (Phi) is 9.02. The highest BCUT2D eigenvalue weighted by Gasteiger charge is 2.18. The molecule has 2 aromatic rings. The fourth-order valence-electron chi connectivity index (χ4n) is 3.58. The molecule has 0 amide bonds. The van der Waals surface area contributed by atoms with Crippen LogP contribution in [0.4, 0.5) is 0 Å². The number of hydrogen-bond acceptors (Lipinski definition) is 2. The number of aryl methyl sites for hydroxylation is 1. The van der Waals surface area contributed by atoms with E-state index in [0.29, 0.717) is 0 Å². The van der Waals surface area contributed by atoms with Crippen LogP contribution in [0, 0.1) is 6.92 Å². The second-order valence-corrected chi connectivity index (χ2v) is 7.04. The number of aromatic nitrogens is 1. The van der Waals surface area contributed by atoms with E-state index in [-0.39, 0.29) is 29.5 Å². The molecule has 152 valence electrons. The lowest BCUT2D eigenvalue weighted by Crippen LogP contribution is -2.44. The van der Waals surface area contributed by atoms with Gasteiger partial charge in [0.2, 0.25) is 0 Å². The maximum atomic E-state index is 11.9. The lowest BCUT2D eigenvalue weighted by Gasteiger charge is -2.31. The first-order valence-electron chi connectivity index (χ1n) is 9.95. The Balaban J connectivity index is 0.00000280. The summed E-state index contributed by atoms with van der Waals surface area (Å²) >= 11 is 0. The molecule has 0 saturated heterocycles. The maximum absolute atomic E-state index is 11.9. The van der Waals surface area contributed by atoms with Crippen molar-refractivity contribution in [2.75, 3.05) is 19.6 Å². The molecule has 3 rings (SSSR count). The van der Waals surface area contributed by atoms with E-state index in [1.54, 1.807) is 6.07 Å². The van der Waals surface area contributed by atoms with E-state index in [1.807, 2.05) is 23.6 Å². The van der Waals surface area contributed by atoms with Gasteiger partial charge in [0.05, 0.1) is 0 Å². The van der Waals surface area contributed by atoms with Gasteiger partial charge < -0.3 is 14.8 Å². The number of nitrogens with one attached hydrogen (secondary N) is 1. The second kappa shape index (κ2) is 11.2. The molecule has 1 aromatic heterocycles. The summed E-state index contributed by atoms with van der Waals surface area (Å²) in [5.41, 5.74) is 3.95. The fourth-order valence-corrected chi connectivity index (χ4v) is 3.58. The van der Waals surface area contributed by atoms with Gasteiger partial charge in [-0.25, -0.2) is 0 Å². The highest BCUT2D eigenvalue weighted by atomic mass is 127. The van der Waals surface area contributed by atoms with Crippen molar-refractivity contribution in [3.63, 3.8) is 0 Å². The molecule has 0 fully saturated rings. The van der Waals surface area contributed by atoms with Crippen LogP contribution >= 0.6 is 24.0 Å². The first-order valence-corrected chi connectivity index (χ1v) is 9.95. The minimum atomic E-state index is 0. The molecule has 0 saturated carbocycles. The van der Waals surface area contributed by atoms with Crippen LogP contribution in [0.2, 0.25) is 0 Å². The van der Waals surface area contributed by atoms with Crippen molar-refractivity contribution in [2.45, 2.75) is 46.2 Å². The summed E-state index contributed by atoms with van der Waals surface area (Å²) < 4.78 is 1.84. The Morgan fingerprint density at radius 3 is 2.64 bits per heavy atom. The van der Waals surface area contributed by atoms with Gasteiger partial charge in [-0.1, -0.05) is 30.3 Å². The van der Waals surface area contributed by atoms with Gasteiger partial charge in [0.25, 0.3) is 5.56 Å². The Hall–Kier alpha value is -1.83. The third-order valence-electron chi connectivity index (χ3n) is 5.08. The Morgan fingerprint density at radius 2 is 1.89 bits per heavy atom. The number of halogens is 1.